The fourth-order valence-corrected chi connectivity index (χ4v) is 2.27. The summed E-state index contributed by atoms with van der Waals surface area (Å²) in [5.74, 6) is 1.09. The van der Waals surface area contributed by atoms with Crippen molar-refractivity contribution in [1.82, 2.24) is 19.4 Å². The summed E-state index contributed by atoms with van der Waals surface area (Å²) in [4.78, 5) is 10.7. The lowest BCUT2D eigenvalue weighted by Gasteiger charge is -2.27. The van der Waals surface area contributed by atoms with Crippen LogP contribution in [0.15, 0.2) is 30.7 Å². The van der Waals surface area contributed by atoms with E-state index in [0.717, 1.165) is 37.6 Å². The number of aromatic nitrogens is 3. The predicted molar refractivity (Wildman–Crippen MR) is 65.3 cm³/mol. The first-order chi connectivity index (χ1) is 8.86. The molecule has 0 N–H and O–H groups in total. The molecule has 3 rings (SSSR count). The van der Waals surface area contributed by atoms with Crippen LogP contribution in [0.3, 0.4) is 0 Å². The third kappa shape index (κ3) is 1.98. The second-order valence-electron chi connectivity index (χ2n) is 4.37. The van der Waals surface area contributed by atoms with Gasteiger partial charge < -0.3 is 4.57 Å². The molecule has 0 spiro atoms. The van der Waals surface area contributed by atoms with Crippen molar-refractivity contribution in [3.05, 3.63) is 47.8 Å². The number of rotatable bonds is 2. The smallest absolute Gasteiger partial charge is 0.144 e. The maximum Gasteiger partial charge on any atom is 0.144 e. The van der Waals surface area contributed by atoms with Gasteiger partial charge in [-0.2, -0.15) is 5.26 Å². The zero-order valence-corrected chi connectivity index (χ0v) is 9.95. The Morgan fingerprint density at radius 1 is 1.28 bits per heavy atom. The molecule has 0 aliphatic carbocycles. The molecule has 5 heteroatoms. The maximum absolute atomic E-state index is 9.03. The van der Waals surface area contributed by atoms with Crippen molar-refractivity contribution in [2.45, 2.75) is 19.6 Å². The fourth-order valence-electron chi connectivity index (χ4n) is 2.27. The summed E-state index contributed by atoms with van der Waals surface area (Å²) in [5, 5.41) is 9.03. The molecular formula is C13H13N5. The van der Waals surface area contributed by atoms with Crippen LogP contribution in [0, 0.1) is 11.3 Å². The fraction of sp³-hybridized carbons (Fsp3) is 0.308. The minimum Gasteiger partial charge on any atom is -0.333 e. The summed E-state index contributed by atoms with van der Waals surface area (Å²) >= 11 is 0. The van der Waals surface area contributed by atoms with E-state index in [1.165, 1.54) is 0 Å². The van der Waals surface area contributed by atoms with Crippen molar-refractivity contribution in [2.24, 2.45) is 0 Å². The zero-order chi connectivity index (χ0) is 12.4. The molecule has 0 saturated heterocycles. The van der Waals surface area contributed by atoms with Crippen LogP contribution < -0.4 is 0 Å². The Labute approximate surface area is 105 Å². The molecule has 0 fully saturated rings. The number of imidazole rings is 1. The van der Waals surface area contributed by atoms with Crippen molar-refractivity contribution in [2.75, 3.05) is 6.54 Å². The lowest BCUT2D eigenvalue weighted by Crippen LogP contribution is -2.33. The molecule has 0 amide bonds. The topological polar surface area (TPSA) is 57.7 Å². The Kier molecular flexibility index (Phi) is 2.79. The van der Waals surface area contributed by atoms with Crippen molar-refractivity contribution in [1.29, 1.82) is 5.26 Å². The van der Waals surface area contributed by atoms with Gasteiger partial charge in [-0.1, -0.05) is 6.07 Å². The summed E-state index contributed by atoms with van der Waals surface area (Å²) in [5.41, 5.74) is 1.51. The standard InChI is InChI=1S/C13H13N5/c14-8-12-11(2-1-3-15-12)9-17-6-7-18-5-4-16-13(18)10-17/h1-5H,6-7,9-10H2. The molecule has 90 valence electrons. The summed E-state index contributed by atoms with van der Waals surface area (Å²) in [6.07, 6.45) is 5.51. The van der Waals surface area contributed by atoms with E-state index in [-0.39, 0.29) is 0 Å². The lowest BCUT2D eigenvalue weighted by molar-refractivity contribution is 0.208. The van der Waals surface area contributed by atoms with E-state index in [2.05, 4.69) is 25.5 Å². The van der Waals surface area contributed by atoms with Gasteiger partial charge in [0.2, 0.25) is 0 Å². The molecule has 2 aromatic rings. The van der Waals surface area contributed by atoms with Gasteiger partial charge in [0.1, 0.15) is 17.6 Å². The van der Waals surface area contributed by atoms with Crippen LogP contribution in [0.5, 0.6) is 0 Å². The molecule has 0 atom stereocenters. The minimum atomic E-state index is 0.520. The van der Waals surface area contributed by atoms with E-state index in [1.54, 1.807) is 6.20 Å². The van der Waals surface area contributed by atoms with Gasteiger partial charge in [0, 0.05) is 43.8 Å². The molecule has 1 aliphatic heterocycles. The first-order valence-corrected chi connectivity index (χ1v) is 5.93. The van der Waals surface area contributed by atoms with Crippen LogP contribution in [-0.2, 0) is 19.6 Å². The van der Waals surface area contributed by atoms with Crippen LogP contribution in [0.1, 0.15) is 17.1 Å². The number of nitrogens with zero attached hydrogens (tertiary/aromatic N) is 5. The first kappa shape index (κ1) is 10.9. The average Bonchev–Trinajstić information content (AvgIpc) is 2.87. The summed E-state index contributed by atoms with van der Waals surface area (Å²) in [7, 11) is 0. The monoisotopic (exact) mass is 239 g/mol. The number of hydrogen-bond donors (Lipinski definition) is 0. The van der Waals surface area contributed by atoms with Gasteiger partial charge in [-0.3, -0.25) is 4.90 Å². The van der Waals surface area contributed by atoms with E-state index in [4.69, 9.17) is 5.26 Å². The summed E-state index contributed by atoms with van der Waals surface area (Å²) in [6.45, 7) is 3.51. The highest BCUT2D eigenvalue weighted by molar-refractivity contribution is 5.30. The SMILES string of the molecule is N#Cc1ncccc1CN1CCn2ccnc2C1. The molecule has 1 aliphatic rings. The second kappa shape index (κ2) is 4.59. The molecule has 0 bridgehead atoms. The minimum absolute atomic E-state index is 0.520. The molecule has 0 unspecified atom stereocenters. The Morgan fingerprint density at radius 3 is 3.11 bits per heavy atom. The molecular weight excluding hydrogens is 226 g/mol. The van der Waals surface area contributed by atoms with Gasteiger partial charge in [0.25, 0.3) is 0 Å². The van der Waals surface area contributed by atoms with Gasteiger partial charge >= 0.3 is 0 Å². The van der Waals surface area contributed by atoms with Crippen molar-refractivity contribution < 1.29 is 0 Å². The van der Waals surface area contributed by atoms with E-state index in [9.17, 15) is 0 Å². The van der Waals surface area contributed by atoms with Gasteiger partial charge in [-0.15, -0.1) is 0 Å². The summed E-state index contributed by atoms with van der Waals surface area (Å²) in [6, 6.07) is 5.98. The van der Waals surface area contributed by atoms with E-state index >= 15 is 0 Å². The van der Waals surface area contributed by atoms with Gasteiger partial charge in [-0.05, 0) is 6.07 Å². The highest BCUT2D eigenvalue weighted by atomic mass is 15.2. The Bertz CT molecular complexity index is 595. The number of pyridine rings is 1. The Hall–Kier alpha value is -2.19. The highest BCUT2D eigenvalue weighted by Crippen LogP contribution is 2.15. The molecule has 0 aromatic carbocycles. The quantitative estimate of drug-likeness (QED) is 0.789. The van der Waals surface area contributed by atoms with Crippen LogP contribution in [-0.4, -0.2) is 26.0 Å². The molecule has 18 heavy (non-hydrogen) atoms. The van der Waals surface area contributed by atoms with E-state index in [1.807, 2.05) is 24.5 Å². The third-order valence-corrected chi connectivity index (χ3v) is 3.21. The predicted octanol–water partition coefficient (Wildman–Crippen LogP) is 1.17. The van der Waals surface area contributed by atoms with Crippen LogP contribution in [0.25, 0.3) is 0 Å². The van der Waals surface area contributed by atoms with Crippen molar-refractivity contribution in [3.63, 3.8) is 0 Å². The normalized spacial score (nSPS) is 15.1. The van der Waals surface area contributed by atoms with Gasteiger partial charge in [-0.25, -0.2) is 9.97 Å². The van der Waals surface area contributed by atoms with E-state index < -0.39 is 0 Å². The van der Waals surface area contributed by atoms with Crippen LogP contribution in [0.4, 0.5) is 0 Å². The Morgan fingerprint density at radius 2 is 2.22 bits per heavy atom. The second-order valence-corrected chi connectivity index (χ2v) is 4.37. The molecule has 0 saturated carbocycles. The van der Waals surface area contributed by atoms with E-state index in [0.29, 0.717) is 5.69 Å². The molecule has 3 heterocycles. The Balaban J connectivity index is 1.77. The molecule has 2 aromatic heterocycles. The maximum atomic E-state index is 9.03. The number of fused-ring (bicyclic) bond motifs is 1. The highest BCUT2D eigenvalue weighted by Gasteiger charge is 2.17. The zero-order valence-electron chi connectivity index (χ0n) is 9.95. The first-order valence-electron chi connectivity index (χ1n) is 5.93. The van der Waals surface area contributed by atoms with Gasteiger partial charge in [0.15, 0.2) is 0 Å². The summed E-state index contributed by atoms with van der Waals surface area (Å²) < 4.78 is 2.17. The largest absolute Gasteiger partial charge is 0.333 e. The molecule has 0 radical (unpaired) electrons. The third-order valence-electron chi connectivity index (χ3n) is 3.21. The average molecular weight is 239 g/mol. The van der Waals surface area contributed by atoms with Crippen LogP contribution in [0.2, 0.25) is 0 Å². The van der Waals surface area contributed by atoms with Crippen molar-refractivity contribution >= 4 is 0 Å². The number of hydrogen-bond acceptors (Lipinski definition) is 4. The lowest BCUT2D eigenvalue weighted by atomic mass is 10.2. The van der Waals surface area contributed by atoms with Gasteiger partial charge in [0.05, 0.1) is 6.54 Å². The molecule has 5 nitrogen and oxygen atoms in total. The van der Waals surface area contributed by atoms with Crippen LogP contribution >= 0.6 is 0 Å². The number of nitriles is 1. The van der Waals surface area contributed by atoms with Crippen molar-refractivity contribution in [3.8, 4) is 6.07 Å².